The van der Waals surface area contributed by atoms with Gasteiger partial charge in [0, 0.05) is 12.1 Å². The summed E-state index contributed by atoms with van der Waals surface area (Å²) in [6, 6.07) is 9.14. The van der Waals surface area contributed by atoms with Crippen LogP contribution >= 0.6 is 0 Å². The van der Waals surface area contributed by atoms with E-state index < -0.39 is 0 Å². The summed E-state index contributed by atoms with van der Waals surface area (Å²) in [4.78, 5) is 11.8. The first-order valence-corrected chi connectivity index (χ1v) is 7.17. The Morgan fingerprint density at radius 1 is 1.14 bits per heavy atom. The van der Waals surface area contributed by atoms with Crippen molar-refractivity contribution in [1.82, 2.24) is 5.32 Å². The molecule has 1 aromatic rings. The summed E-state index contributed by atoms with van der Waals surface area (Å²) in [7, 11) is -0.372. The van der Waals surface area contributed by atoms with Crippen molar-refractivity contribution in [2.75, 3.05) is 6.54 Å². The molecule has 1 aromatic carbocycles. The van der Waals surface area contributed by atoms with Crippen molar-refractivity contribution in [3.63, 3.8) is 0 Å². The molecule has 1 saturated heterocycles. The van der Waals surface area contributed by atoms with E-state index >= 15 is 0 Å². The molecular formula is C16H22BNO3. The second kappa shape index (κ2) is 6.04. The first kappa shape index (κ1) is 15.8. The lowest BCUT2D eigenvalue weighted by molar-refractivity contribution is 0.00578. The summed E-state index contributed by atoms with van der Waals surface area (Å²) in [6.07, 6.45) is 1.85. The number of rotatable bonds is 4. The zero-order valence-corrected chi connectivity index (χ0v) is 13.1. The van der Waals surface area contributed by atoms with E-state index in [2.05, 4.69) is 5.32 Å². The highest BCUT2D eigenvalue weighted by molar-refractivity contribution is 6.51. The summed E-state index contributed by atoms with van der Waals surface area (Å²) < 4.78 is 11.7. The van der Waals surface area contributed by atoms with Gasteiger partial charge in [-0.15, -0.1) is 0 Å². The maximum atomic E-state index is 11.8. The zero-order chi connectivity index (χ0) is 15.5. The molecule has 4 nitrogen and oxygen atoms in total. The molecule has 0 atom stereocenters. The molecule has 21 heavy (non-hydrogen) atoms. The second-order valence-corrected chi connectivity index (χ2v) is 6.13. The molecule has 0 spiro atoms. The van der Waals surface area contributed by atoms with E-state index in [1.54, 1.807) is 12.1 Å². The SMILES string of the molecule is CC1(C)OB(/C=C/CNC(=O)c2ccccc2)OC1(C)C. The average molecular weight is 287 g/mol. The van der Waals surface area contributed by atoms with Gasteiger partial charge in [0.05, 0.1) is 11.2 Å². The number of hydrogen-bond donors (Lipinski definition) is 1. The van der Waals surface area contributed by atoms with Crippen LogP contribution in [0.25, 0.3) is 0 Å². The summed E-state index contributed by atoms with van der Waals surface area (Å²) in [5.74, 6) is 1.75. The molecule has 0 unspecified atom stereocenters. The topological polar surface area (TPSA) is 47.6 Å². The van der Waals surface area contributed by atoms with Crippen LogP contribution in [0.1, 0.15) is 38.1 Å². The standard InChI is InChI=1S/C16H22BNO3/c1-15(2)16(3,4)21-17(20-15)11-8-12-18-14(19)13-9-6-5-7-10-13/h5-11H,12H2,1-4H3,(H,18,19)/b11-8+. The molecule has 0 saturated carbocycles. The van der Waals surface area contributed by atoms with Crippen molar-refractivity contribution in [2.24, 2.45) is 0 Å². The van der Waals surface area contributed by atoms with E-state index in [0.29, 0.717) is 12.1 Å². The van der Waals surface area contributed by atoms with Gasteiger partial charge in [-0.3, -0.25) is 4.79 Å². The van der Waals surface area contributed by atoms with Gasteiger partial charge in [0.15, 0.2) is 0 Å². The Hall–Kier alpha value is -1.59. The molecule has 1 N–H and O–H groups in total. The Balaban J connectivity index is 1.81. The largest absolute Gasteiger partial charge is 0.486 e. The van der Waals surface area contributed by atoms with E-state index in [0.717, 1.165) is 0 Å². The van der Waals surface area contributed by atoms with Crippen LogP contribution < -0.4 is 5.32 Å². The maximum Gasteiger partial charge on any atom is 0.486 e. The van der Waals surface area contributed by atoms with Crippen molar-refractivity contribution in [3.05, 3.63) is 47.9 Å². The third-order valence-electron chi connectivity index (χ3n) is 3.98. The molecule has 0 aromatic heterocycles. The Bertz CT molecular complexity index is 510. The van der Waals surface area contributed by atoms with Crippen LogP contribution in [-0.2, 0) is 9.31 Å². The zero-order valence-electron chi connectivity index (χ0n) is 13.1. The highest BCUT2D eigenvalue weighted by Crippen LogP contribution is 2.36. The van der Waals surface area contributed by atoms with Gasteiger partial charge in [-0.2, -0.15) is 0 Å². The summed E-state index contributed by atoms with van der Waals surface area (Å²) in [5.41, 5.74) is -0.0218. The predicted molar refractivity (Wildman–Crippen MR) is 84.0 cm³/mol. The molecule has 0 bridgehead atoms. The maximum absolute atomic E-state index is 11.8. The highest BCUT2D eigenvalue weighted by Gasteiger charge is 2.49. The van der Waals surface area contributed by atoms with Gasteiger partial charge >= 0.3 is 7.12 Å². The lowest BCUT2D eigenvalue weighted by atomic mass is 9.90. The number of benzene rings is 1. The van der Waals surface area contributed by atoms with Crippen molar-refractivity contribution in [3.8, 4) is 0 Å². The lowest BCUT2D eigenvalue weighted by Gasteiger charge is -2.32. The molecule has 112 valence electrons. The number of hydrogen-bond acceptors (Lipinski definition) is 3. The van der Waals surface area contributed by atoms with Crippen molar-refractivity contribution < 1.29 is 14.1 Å². The monoisotopic (exact) mass is 287 g/mol. The van der Waals surface area contributed by atoms with Crippen LogP contribution in [0.3, 0.4) is 0 Å². The summed E-state index contributed by atoms with van der Waals surface area (Å²) >= 11 is 0. The average Bonchev–Trinajstić information content (AvgIpc) is 2.63. The minimum Gasteiger partial charge on any atom is -0.400 e. The lowest BCUT2D eigenvalue weighted by Crippen LogP contribution is -2.41. The van der Waals surface area contributed by atoms with Crippen LogP contribution in [0.15, 0.2) is 42.4 Å². The Kier molecular flexibility index (Phi) is 4.54. The number of carbonyl (C=O) groups excluding carboxylic acids is 1. The van der Waals surface area contributed by atoms with Gasteiger partial charge < -0.3 is 14.6 Å². The number of nitrogens with one attached hydrogen (secondary N) is 1. The van der Waals surface area contributed by atoms with Gasteiger partial charge in [-0.05, 0) is 39.8 Å². The third-order valence-corrected chi connectivity index (χ3v) is 3.98. The third kappa shape index (κ3) is 3.74. The summed E-state index contributed by atoms with van der Waals surface area (Å²) in [5, 5.41) is 2.83. The van der Waals surface area contributed by atoms with Crippen LogP contribution in [-0.4, -0.2) is 30.8 Å². The number of carbonyl (C=O) groups is 1. The van der Waals surface area contributed by atoms with E-state index in [9.17, 15) is 4.79 Å². The summed E-state index contributed by atoms with van der Waals surface area (Å²) in [6.45, 7) is 8.49. The molecule has 2 rings (SSSR count). The molecule has 0 radical (unpaired) electrons. The minimum atomic E-state index is -0.372. The van der Waals surface area contributed by atoms with Gasteiger partial charge in [0.25, 0.3) is 5.91 Å². The Morgan fingerprint density at radius 3 is 2.29 bits per heavy atom. The van der Waals surface area contributed by atoms with Crippen LogP contribution in [0.5, 0.6) is 0 Å². The quantitative estimate of drug-likeness (QED) is 0.866. The Morgan fingerprint density at radius 2 is 1.71 bits per heavy atom. The molecule has 0 aliphatic carbocycles. The van der Waals surface area contributed by atoms with E-state index in [1.165, 1.54) is 0 Å². The molecule has 1 heterocycles. The molecule has 1 aliphatic rings. The first-order valence-electron chi connectivity index (χ1n) is 7.17. The van der Waals surface area contributed by atoms with Gasteiger partial charge in [-0.1, -0.05) is 30.3 Å². The van der Waals surface area contributed by atoms with E-state index in [-0.39, 0.29) is 24.2 Å². The van der Waals surface area contributed by atoms with E-state index in [1.807, 2.05) is 57.9 Å². The smallest absolute Gasteiger partial charge is 0.400 e. The highest BCUT2D eigenvalue weighted by atomic mass is 16.7. The molecule has 1 fully saturated rings. The van der Waals surface area contributed by atoms with Crippen LogP contribution in [0.2, 0.25) is 0 Å². The normalized spacial score (nSPS) is 19.9. The fourth-order valence-electron chi connectivity index (χ4n) is 1.99. The van der Waals surface area contributed by atoms with Crippen molar-refractivity contribution >= 4 is 13.0 Å². The van der Waals surface area contributed by atoms with Gasteiger partial charge in [-0.25, -0.2) is 0 Å². The molecule has 1 aliphatic heterocycles. The van der Waals surface area contributed by atoms with Crippen molar-refractivity contribution in [1.29, 1.82) is 0 Å². The fourth-order valence-corrected chi connectivity index (χ4v) is 1.99. The molecular weight excluding hydrogens is 265 g/mol. The van der Waals surface area contributed by atoms with Gasteiger partial charge in [0.2, 0.25) is 0 Å². The van der Waals surface area contributed by atoms with Crippen LogP contribution in [0.4, 0.5) is 0 Å². The molecule has 1 amide bonds. The van der Waals surface area contributed by atoms with E-state index in [4.69, 9.17) is 9.31 Å². The first-order chi connectivity index (χ1) is 9.82. The molecule has 5 heteroatoms. The number of amides is 1. The minimum absolute atomic E-state index is 0.0887. The van der Waals surface area contributed by atoms with Crippen molar-refractivity contribution in [2.45, 2.75) is 38.9 Å². The fraction of sp³-hybridized carbons (Fsp3) is 0.438. The second-order valence-electron chi connectivity index (χ2n) is 6.13. The predicted octanol–water partition coefficient (Wildman–Crippen LogP) is 2.60. The van der Waals surface area contributed by atoms with Gasteiger partial charge in [0.1, 0.15) is 0 Å². The Labute approximate surface area is 126 Å². The van der Waals surface area contributed by atoms with Crippen LogP contribution in [0, 0.1) is 0 Å².